The Hall–Kier alpha value is 0.170. The molecule has 0 saturated carbocycles. The smallest absolute Gasteiger partial charge is 0.0712 e. The average molecular weight is 182 g/mol. The van der Waals surface area contributed by atoms with E-state index in [0.29, 0.717) is 12.7 Å². The van der Waals surface area contributed by atoms with Crippen LogP contribution in [-0.4, -0.2) is 39.5 Å². The zero-order valence-corrected chi connectivity index (χ0v) is 7.65. The lowest BCUT2D eigenvalue weighted by atomic mass is 10.3. The van der Waals surface area contributed by atoms with Gasteiger partial charge in [-0.1, -0.05) is 0 Å². The molecule has 1 aliphatic heterocycles. The molecule has 0 aromatic rings. The van der Waals surface area contributed by atoms with Gasteiger partial charge in [0.25, 0.3) is 0 Å². The van der Waals surface area contributed by atoms with Crippen LogP contribution in [0.1, 0.15) is 6.42 Å². The van der Waals surface area contributed by atoms with Gasteiger partial charge < -0.3 is 14.8 Å². The van der Waals surface area contributed by atoms with E-state index in [4.69, 9.17) is 9.47 Å². The zero-order valence-electron chi connectivity index (χ0n) is 6.84. The van der Waals surface area contributed by atoms with Gasteiger partial charge in [0, 0.05) is 13.7 Å². The molecular weight excluding hydrogens is 166 g/mol. The van der Waals surface area contributed by atoms with Crippen molar-refractivity contribution in [2.45, 2.75) is 12.5 Å². The molecule has 0 amide bonds. The summed E-state index contributed by atoms with van der Waals surface area (Å²) in [5.74, 6) is 0. The molecule has 68 valence electrons. The molecule has 0 unspecified atom stereocenters. The van der Waals surface area contributed by atoms with Crippen LogP contribution in [0.2, 0.25) is 0 Å². The molecule has 1 rings (SSSR count). The van der Waals surface area contributed by atoms with Crippen LogP contribution in [0.15, 0.2) is 0 Å². The Morgan fingerprint density at radius 1 is 1.45 bits per heavy atom. The van der Waals surface area contributed by atoms with Crippen molar-refractivity contribution in [3.05, 3.63) is 0 Å². The zero-order chi connectivity index (χ0) is 7.23. The van der Waals surface area contributed by atoms with Crippen LogP contribution in [0, 0.1) is 0 Å². The van der Waals surface area contributed by atoms with Gasteiger partial charge in [0.2, 0.25) is 0 Å². The third-order valence-electron chi connectivity index (χ3n) is 1.66. The molecule has 11 heavy (non-hydrogen) atoms. The second kappa shape index (κ2) is 6.85. The molecule has 4 heteroatoms. The van der Waals surface area contributed by atoms with E-state index in [2.05, 4.69) is 5.32 Å². The lowest BCUT2D eigenvalue weighted by Crippen LogP contribution is -2.18. The highest BCUT2D eigenvalue weighted by molar-refractivity contribution is 5.85. The van der Waals surface area contributed by atoms with E-state index in [0.717, 1.165) is 26.1 Å². The van der Waals surface area contributed by atoms with Gasteiger partial charge in [-0.2, -0.15) is 0 Å². The maximum atomic E-state index is 5.46. The van der Waals surface area contributed by atoms with Crippen molar-refractivity contribution in [2.75, 3.05) is 33.4 Å². The molecule has 0 bridgehead atoms. The van der Waals surface area contributed by atoms with Gasteiger partial charge in [-0.25, -0.2) is 0 Å². The fourth-order valence-corrected chi connectivity index (χ4v) is 1.07. The van der Waals surface area contributed by atoms with Crippen molar-refractivity contribution in [1.29, 1.82) is 0 Å². The Labute approximate surface area is 73.9 Å². The van der Waals surface area contributed by atoms with Gasteiger partial charge in [0.1, 0.15) is 0 Å². The molecule has 0 aromatic heterocycles. The summed E-state index contributed by atoms with van der Waals surface area (Å²) in [7, 11) is 1.69. The molecular formula is C7H16ClNO2. The van der Waals surface area contributed by atoms with Crippen molar-refractivity contribution in [3.8, 4) is 0 Å². The Bertz CT molecular complexity index is 86.5. The quantitative estimate of drug-likeness (QED) is 0.639. The first-order valence-corrected chi connectivity index (χ1v) is 3.74. The highest BCUT2D eigenvalue weighted by Gasteiger charge is 2.13. The fourth-order valence-electron chi connectivity index (χ4n) is 1.07. The Morgan fingerprint density at radius 2 is 2.27 bits per heavy atom. The first kappa shape index (κ1) is 11.2. The van der Waals surface area contributed by atoms with Crippen molar-refractivity contribution in [2.24, 2.45) is 0 Å². The minimum Gasteiger partial charge on any atom is -0.382 e. The highest BCUT2D eigenvalue weighted by Crippen LogP contribution is 2.01. The second-order valence-electron chi connectivity index (χ2n) is 2.48. The third-order valence-corrected chi connectivity index (χ3v) is 1.66. The molecule has 1 N–H and O–H groups in total. The summed E-state index contributed by atoms with van der Waals surface area (Å²) in [6.07, 6.45) is 1.57. The monoisotopic (exact) mass is 181 g/mol. The number of rotatable bonds is 4. The lowest BCUT2D eigenvalue weighted by Gasteiger charge is -2.08. The summed E-state index contributed by atoms with van der Waals surface area (Å²) in [6, 6.07) is 0. The van der Waals surface area contributed by atoms with Crippen molar-refractivity contribution < 1.29 is 9.47 Å². The number of ether oxygens (including phenoxy) is 2. The summed E-state index contributed by atoms with van der Waals surface area (Å²) in [4.78, 5) is 0. The Kier molecular flexibility index (Phi) is 6.96. The number of methoxy groups -OCH3 is 1. The first-order chi connectivity index (χ1) is 4.93. The minimum atomic E-state index is 0. The van der Waals surface area contributed by atoms with Crippen LogP contribution in [0.3, 0.4) is 0 Å². The SMILES string of the molecule is COCCO[C@H]1CCNC1.Cl. The molecule has 1 saturated heterocycles. The average Bonchev–Trinajstić information content (AvgIpc) is 2.41. The minimum absolute atomic E-state index is 0. The van der Waals surface area contributed by atoms with Crippen molar-refractivity contribution >= 4 is 12.4 Å². The largest absolute Gasteiger partial charge is 0.382 e. The van der Waals surface area contributed by atoms with Crippen molar-refractivity contribution in [1.82, 2.24) is 5.32 Å². The predicted molar refractivity (Wildman–Crippen MR) is 46.4 cm³/mol. The Balaban J connectivity index is 0.000001000. The van der Waals surface area contributed by atoms with Gasteiger partial charge in [-0.05, 0) is 13.0 Å². The van der Waals surface area contributed by atoms with E-state index in [1.807, 2.05) is 0 Å². The normalized spacial score (nSPS) is 23.2. The summed E-state index contributed by atoms with van der Waals surface area (Å²) in [5, 5.41) is 3.23. The predicted octanol–water partition coefficient (Wildman–Crippen LogP) is 0.433. The van der Waals surface area contributed by atoms with E-state index >= 15 is 0 Å². The van der Waals surface area contributed by atoms with Crippen LogP contribution in [0.5, 0.6) is 0 Å². The number of hydrogen-bond acceptors (Lipinski definition) is 3. The lowest BCUT2D eigenvalue weighted by molar-refractivity contribution is 0.0272. The van der Waals surface area contributed by atoms with Crippen LogP contribution in [0.25, 0.3) is 0 Å². The van der Waals surface area contributed by atoms with E-state index in [1.54, 1.807) is 7.11 Å². The van der Waals surface area contributed by atoms with E-state index in [-0.39, 0.29) is 12.4 Å². The maximum Gasteiger partial charge on any atom is 0.0712 e. The van der Waals surface area contributed by atoms with E-state index in [1.165, 1.54) is 0 Å². The van der Waals surface area contributed by atoms with Crippen molar-refractivity contribution in [3.63, 3.8) is 0 Å². The van der Waals surface area contributed by atoms with Crippen LogP contribution < -0.4 is 5.32 Å². The summed E-state index contributed by atoms with van der Waals surface area (Å²) in [6.45, 7) is 3.53. The topological polar surface area (TPSA) is 30.5 Å². The van der Waals surface area contributed by atoms with Gasteiger partial charge in [0.05, 0.1) is 19.3 Å². The number of hydrogen-bond donors (Lipinski definition) is 1. The molecule has 0 aromatic carbocycles. The van der Waals surface area contributed by atoms with Crippen LogP contribution in [-0.2, 0) is 9.47 Å². The van der Waals surface area contributed by atoms with E-state index < -0.39 is 0 Å². The van der Waals surface area contributed by atoms with Gasteiger partial charge >= 0.3 is 0 Å². The fraction of sp³-hybridized carbons (Fsp3) is 1.00. The molecule has 1 atom stereocenters. The third kappa shape index (κ3) is 4.58. The summed E-state index contributed by atoms with van der Waals surface area (Å²) < 4.78 is 10.3. The maximum absolute atomic E-state index is 5.46. The molecule has 0 radical (unpaired) electrons. The highest BCUT2D eigenvalue weighted by atomic mass is 35.5. The molecule has 0 aliphatic carbocycles. The Morgan fingerprint density at radius 3 is 2.82 bits per heavy atom. The molecule has 3 nitrogen and oxygen atoms in total. The summed E-state index contributed by atoms with van der Waals surface area (Å²) in [5.41, 5.74) is 0. The second-order valence-corrected chi connectivity index (χ2v) is 2.48. The van der Waals surface area contributed by atoms with Gasteiger partial charge in [-0.15, -0.1) is 12.4 Å². The first-order valence-electron chi connectivity index (χ1n) is 3.74. The molecule has 0 spiro atoms. The van der Waals surface area contributed by atoms with E-state index in [9.17, 15) is 0 Å². The molecule has 1 aliphatic rings. The van der Waals surface area contributed by atoms with Gasteiger partial charge in [-0.3, -0.25) is 0 Å². The van der Waals surface area contributed by atoms with Gasteiger partial charge in [0.15, 0.2) is 0 Å². The molecule has 1 heterocycles. The standard InChI is InChI=1S/C7H15NO2.ClH/c1-9-4-5-10-7-2-3-8-6-7;/h7-8H,2-6H2,1H3;1H/t7-;/m0./s1. The summed E-state index contributed by atoms with van der Waals surface area (Å²) >= 11 is 0. The molecule has 1 fully saturated rings. The number of halogens is 1. The number of nitrogens with one attached hydrogen (secondary N) is 1. The van der Waals surface area contributed by atoms with Crippen LogP contribution in [0.4, 0.5) is 0 Å². The van der Waals surface area contributed by atoms with Crippen LogP contribution >= 0.6 is 12.4 Å².